The van der Waals surface area contributed by atoms with Crippen molar-refractivity contribution in [2.24, 2.45) is 5.92 Å². The summed E-state index contributed by atoms with van der Waals surface area (Å²) in [5.74, 6) is 2.49. The van der Waals surface area contributed by atoms with Crippen molar-refractivity contribution in [2.45, 2.75) is 46.6 Å². The van der Waals surface area contributed by atoms with Gasteiger partial charge in [-0.3, -0.25) is 0 Å². The molecule has 3 heteroatoms. The normalized spacial score (nSPS) is 10.8. The van der Waals surface area contributed by atoms with Crippen LogP contribution >= 0.6 is 0 Å². The molecule has 20 heavy (non-hydrogen) atoms. The maximum atomic E-state index is 6.02. The van der Waals surface area contributed by atoms with Crippen LogP contribution in [-0.2, 0) is 6.54 Å². The molecule has 0 saturated carbocycles. The van der Waals surface area contributed by atoms with Gasteiger partial charge in [0, 0.05) is 12.1 Å². The molecule has 3 nitrogen and oxygen atoms in total. The lowest BCUT2D eigenvalue weighted by Crippen LogP contribution is -2.16. The second-order valence-corrected chi connectivity index (χ2v) is 5.14. The highest BCUT2D eigenvalue weighted by Crippen LogP contribution is 2.25. The van der Waals surface area contributed by atoms with E-state index in [-0.39, 0.29) is 0 Å². The molecule has 114 valence electrons. The van der Waals surface area contributed by atoms with Gasteiger partial charge in [-0.1, -0.05) is 33.6 Å². The number of hydrogen-bond acceptors (Lipinski definition) is 3. The van der Waals surface area contributed by atoms with E-state index in [2.05, 4.69) is 32.2 Å². The van der Waals surface area contributed by atoms with E-state index in [1.807, 2.05) is 12.1 Å². The summed E-state index contributed by atoms with van der Waals surface area (Å²) in [7, 11) is 1.70. The third-order valence-electron chi connectivity index (χ3n) is 3.64. The van der Waals surface area contributed by atoms with E-state index >= 15 is 0 Å². The third-order valence-corrected chi connectivity index (χ3v) is 3.64. The summed E-state index contributed by atoms with van der Waals surface area (Å²) in [6.07, 6.45) is 3.46. The molecule has 0 amide bonds. The molecule has 1 aromatic carbocycles. The van der Waals surface area contributed by atoms with Gasteiger partial charge in [0.25, 0.3) is 0 Å². The molecule has 1 aromatic rings. The molecule has 0 aliphatic rings. The molecule has 0 aromatic heterocycles. The zero-order valence-corrected chi connectivity index (χ0v) is 13.4. The minimum atomic E-state index is 0.633. The van der Waals surface area contributed by atoms with Gasteiger partial charge < -0.3 is 14.8 Å². The standard InChI is InChI=1S/C17H29NO2/c1-5-10-18-12-15-11-16(19-4)8-9-17(15)20-13-14(6-2)7-3/h8-9,11,14,18H,5-7,10,12-13H2,1-4H3. The Morgan fingerprint density at radius 2 is 1.90 bits per heavy atom. The summed E-state index contributed by atoms with van der Waals surface area (Å²) in [4.78, 5) is 0. The van der Waals surface area contributed by atoms with Crippen LogP contribution in [0.5, 0.6) is 11.5 Å². The summed E-state index contributed by atoms with van der Waals surface area (Å²) >= 11 is 0. The van der Waals surface area contributed by atoms with E-state index < -0.39 is 0 Å². The van der Waals surface area contributed by atoms with Gasteiger partial charge in [-0.25, -0.2) is 0 Å². The molecule has 0 aliphatic carbocycles. The van der Waals surface area contributed by atoms with Crippen molar-refractivity contribution in [2.75, 3.05) is 20.3 Å². The topological polar surface area (TPSA) is 30.5 Å². The van der Waals surface area contributed by atoms with E-state index in [1.54, 1.807) is 7.11 Å². The van der Waals surface area contributed by atoms with Crippen LogP contribution in [0.25, 0.3) is 0 Å². The van der Waals surface area contributed by atoms with Crippen molar-refractivity contribution in [1.29, 1.82) is 0 Å². The lowest BCUT2D eigenvalue weighted by molar-refractivity contribution is 0.238. The summed E-state index contributed by atoms with van der Waals surface area (Å²) < 4.78 is 11.3. The van der Waals surface area contributed by atoms with Crippen molar-refractivity contribution < 1.29 is 9.47 Å². The van der Waals surface area contributed by atoms with Crippen molar-refractivity contribution in [3.05, 3.63) is 23.8 Å². The number of benzene rings is 1. The lowest BCUT2D eigenvalue weighted by atomic mass is 10.1. The summed E-state index contributed by atoms with van der Waals surface area (Å²) in [5.41, 5.74) is 1.17. The zero-order valence-electron chi connectivity index (χ0n) is 13.4. The summed E-state index contributed by atoms with van der Waals surface area (Å²) in [6, 6.07) is 6.04. The second kappa shape index (κ2) is 9.65. The molecule has 0 heterocycles. The Kier molecular flexibility index (Phi) is 8.12. The molecule has 0 unspecified atom stereocenters. The molecule has 1 N–H and O–H groups in total. The number of ether oxygens (including phenoxy) is 2. The Morgan fingerprint density at radius 1 is 1.15 bits per heavy atom. The van der Waals surface area contributed by atoms with Gasteiger partial charge in [-0.05, 0) is 37.1 Å². The highest BCUT2D eigenvalue weighted by molar-refractivity contribution is 5.40. The summed E-state index contributed by atoms with van der Waals surface area (Å²) in [5, 5.41) is 3.42. The minimum Gasteiger partial charge on any atom is -0.497 e. The summed E-state index contributed by atoms with van der Waals surface area (Å²) in [6.45, 7) is 9.24. The highest BCUT2D eigenvalue weighted by Gasteiger charge is 2.09. The molecular weight excluding hydrogens is 250 g/mol. The van der Waals surface area contributed by atoms with Crippen molar-refractivity contribution in [1.82, 2.24) is 5.32 Å². The van der Waals surface area contributed by atoms with E-state index in [0.717, 1.165) is 50.5 Å². The van der Waals surface area contributed by atoms with Crippen LogP contribution in [0.3, 0.4) is 0 Å². The van der Waals surface area contributed by atoms with Gasteiger partial charge >= 0.3 is 0 Å². The van der Waals surface area contributed by atoms with Crippen LogP contribution in [0.1, 0.15) is 45.6 Å². The number of hydrogen-bond donors (Lipinski definition) is 1. The van der Waals surface area contributed by atoms with Crippen molar-refractivity contribution >= 4 is 0 Å². The molecule has 0 fully saturated rings. The molecule has 0 atom stereocenters. The molecule has 0 aliphatic heterocycles. The fourth-order valence-corrected chi connectivity index (χ4v) is 2.09. The van der Waals surface area contributed by atoms with Crippen molar-refractivity contribution in [3.8, 4) is 11.5 Å². The molecule has 0 saturated heterocycles. The SMILES string of the molecule is CCCNCc1cc(OC)ccc1OCC(CC)CC. The minimum absolute atomic E-state index is 0.633. The smallest absolute Gasteiger partial charge is 0.124 e. The highest BCUT2D eigenvalue weighted by atomic mass is 16.5. The van der Waals surface area contributed by atoms with Gasteiger partial charge in [0.2, 0.25) is 0 Å². The Morgan fingerprint density at radius 3 is 2.50 bits per heavy atom. The van der Waals surface area contributed by atoms with Crippen LogP contribution in [0.4, 0.5) is 0 Å². The van der Waals surface area contributed by atoms with Crippen LogP contribution in [0.15, 0.2) is 18.2 Å². The van der Waals surface area contributed by atoms with Crippen LogP contribution in [-0.4, -0.2) is 20.3 Å². The predicted molar refractivity (Wildman–Crippen MR) is 84.6 cm³/mol. The maximum absolute atomic E-state index is 6.02. The lowest BCUT2D eigenvalue weighted by Gasteiger charge is -2.17. The number of nitrogens with one attached hydrogen (secondary N) is 1. The first-order valence-corrected chi connectivity index (χ1v) is 7.75. The van der Waals surface area contributed by atoms with E-state index in [0.29, 0.717) is 5.92 Å². The molecular formula is C17H29NO2. The van der Waals surface area contributed by atoms with Crippen LogP contribution in [0, 0.1) is 5.92 Å². The van der Waals surface area contributed by atoms with Gasteiger partial charge in [0.1, 0.15) is 11.5 Å². The molecule has 0 spiro atoms. The Labute approximate surface area is 123 Å². The van der Waals surface area contributed by atoms with E-state index in [1.165, 1.54) is 5.56 Å². The first kappa shape index (κ1) is 16.8. The average Bonchev–Trinajstić information content (AvgIpc) is 2.49. The fourth-order valence-electron chi connectivity index (χ4n) is 2.09. The predicted octanol–water partition coefficient (Wildman–Crippen LogP) is 4.01. The van der Waals surface area contributed by atoms with Crippen molar-refractivity contribution in [3.63, 3.8) is 0 Å². The Bertz CT molecular complexity index is 375. The van der Waals surface area contributed by atoms with Gasteiger partial charge in [0.15, 0.2) is 0 Å². The quantitative estimate of drug-likeness (QED) is 0.656. The van der Waals surface area contributed by atoms with E-state index in [4.69, 9.17) is 9.47 Å². The Hall–Kier alpha value is -1.22. The van der Waals surface area contributed by atoms with Gasteiger partial charge in [0.05, 0.1) is 13.7 Å². The zero-order chi connectivity index (χ0) is 14.8. The first-order valence-electron chi connectivity index (χ1n) is 7.75. The first-order chi connectivity index (χ1) is 9.74. The second-order valence-electron chi connectivity index (χ2n) is 5.14. The molecule has 1 rings (SSSR count). The molecule has 0 radical (unpaired) electrons. The monoisotopic (exact) mass is 279 g/mol. The fraction of sp³-hybridized carbons (Fsp3) is 0.647. The number of methoxy groups -OCH3 is 1. The van der Waals surface area contributed by atoms with Crippen LogP contribution in [0.2, 0.25) is 0 Å². The average molecular weight is 279 g/mol. The van der Waals surface area contributed by atoms with Gasteiger partial charge in [-0.2, -0.15) is 0 Å². The number of rotatable bonds is 10. The Balaban J connectivity index is 2.71. The van der Waals surface area contributed by atoms with E-state index in [9.17, 15) is 0 Å². The molecule has 0 bridgehead atoms. The third kappa shape index (κ3) is 5.41. The van der Waals surface area contributed by atoms with Gasteiger partial charge in [-0.15, -0.1) is 0 Å². The largest absolute Gasteiger partial charge is 0.497 e. The maximum Gasteiger partial charge on any atom is 0.124 e. The van der Waals surface area contributed by atoms with Crippen LogP contribution < -0.4 is 14.8 Å².